The summed E-state index contributed by atoms with van der Waals surface area (Å²) in [6, 6.07) is 0. The van der Waals surface area contributed by atoms with E-state index < -0.39 is 29.5 Å². The van der Waals surface area contributed by atoms with Gasteiger partial charge in [0.2, 0.25) is 0 Å². The number of aliphatic hydroxyl groups excluding tert-OH is 2. The highest BCUT2D eigenvalue weighted by atomic mass is 17.0. The zero-order valence-electron chi connectivity index (χ0n) is 6.99. The first-order chi connectivity index (χ1) is 6.06. The van der Waals surface area contributed by atoms with Crippen LogP contribution in [0.1, 0.15) is 6.92 Å². The lowest BCUT2D eigenvalue weighted by atomic mass is 10.1. The summed E-state index contributed by atoms with van der Waals surface area (Å²) in [5, 5.41) is 27.1. The topological polar surface area (TPSA) is 102 Å². The molecule has 7 heteroatoms. The van der Waals surface area contributed by atoms with Crippen molar-refractivity contribution in [3.63, 3.8) is 0 Å². The van der Waals surface area contributed by atoms with Crippen molar-refractivity contribution in [2.24, 2.45) is 0 Å². The highest BCUT2D eigenvalue weighted by Crippen LogP contribution is 2.23. The maximum Gasteiger partial charge on any atom is 0.294 e. The van der Waals surface area contributed by atoms with E-state index in [4.69, 9.17) is 9.84 Å². The van der Waals surface area contributed by atoms with Crippen LogP contribution >= 0.6 is 0 Å². The molecule has 0 aromatic carbocycles. The average Bonchev–Trinajstić information content (AvgIpc) is 2.31. The molecule has 0 amide bonds. The molecule has 0 bridgehead atoms. The first-order valence-corrected chi connectivity index (χ1v) is 3.81. The number of rotatable bonds is 3. The molecule has 1 aliphatic heterocycles. The van der Waals surface area contributed by atoms with E-state index in [2.05, 4.69) is 4.84 Å². The summed E-state index contributed by atoms with van der Waals surface area (Å²) in [4.78, 5) is 14.2. The SMILES string of the molecule is C[C@@H]1O[C@H](CO)[C@H](O)C1O[N+](=O)[O-]. The van der Waals surface area contributed by atoms with Gasteiger partial charge in [-0.05, 0) is 6.92 Å². The molecular formula is C6H11NO6. The van der Waals surface area contributed by atoms with Crippen LogP contribution in [0, 0.1) is 10.1 Å². The van der Waals surface area contributed by atoms with Crippen LogP contribution in [0.2, 0.25) is 0 Å². The maximum absolute atomic E-state index is 10.00. The second-order valence-corrected chi connectivity index (χ2v) is 2.85. The molecule has 1 rings (SSSR count). The normalized spacial score (nSPS) is 39.0. The van der Waals surface area contributed by atoms with Crippen LogP contribution in [-0.4, -0.2) is 46.3 Å². The monoisotopic (exact) mass is 193 g/mol. The fraction of sp³-hybridized carbons (Fsp3) is 1.00. The minimum Gasteiger partial charge on any atom is -0.394 e. The van der Waals surface area contributed by atoms with E-state index >= 15 is 0 Å². The van der Waals surface area contributed by atoms with Crippen LogP contribution in [0.15, 0.2) is 0 Å². The summed E-state index contributed by atoms with van der Waals surface area (Å²) >= 11 is 0. The molecule has 0 aromatic heterocycles. The van der Waals surface area contributed by atoms with Gasteiger partial charge in [-0.15, -0.1) is 10.1 Å². The molecule has 0 aromatic rings. The second-order valence-electron chi connectivity index (χ2n) is 2.85. The third-order valence-electron chi connectivity index (χ3n) is 1.96. The van der Waals surface area contributed by atoms with Crippen molar-refractivity contribution in [2.75, 3.05) is 6.61 Å². The zero-order chi connectivity index (χ0) is 10.0. The predicted molar refractivity (Wildman–Crippen MR) is 39.3 cm³/mol. The van der Waals surface area contributed by atoms with Crippen molar-refractivity contribution in [2.45, 2.75) is 31.3 Å². The van der Waals surface area contributed by atoms with E-state index in [-0.39, 0.29) is 6.61 Å². The van der Waals surface area contributed by atoms with E-state index in [9.17, 15) is 15.2 Å². The van der Waals surface area contributed by atoms with Crippen LogP contribution in [0.4, 0.5) is 0 Å². The molecule has 7 nitrogen and oxygen atoms in total. The van der Waals surface area contributed by atoms with Gasteiger partial charge in [0.1, 0.15) is 12.2 Å². The fourth-order valence-corrected chi connectivity index (χ4v) is 1.32. The minimum absolute atomic E-state index is 0.386. The van der Waals surface area contributed by atoms with Crippen LogP contribution in [0.5, 0.6) is 0 Å². The Morgan fingerprint density at radius 1 is 1.69 bits per heavy atom. The van der Waals surface area contributed by atoms with Crippen molar-refractivity contribution >= 4 is 0 Å². The number of hydrogen-bond acceptors (Lipinski definition) is 6. The fourth-order valence-electron chi connectivity index (χ4n) is 1.32. The van der Waals surface area contributed by atoms with E-state index in [0.717, 1.165) is 0 Å². The Bertz CT molecular complexity index is 198. The zero-order valence-corrected chi connectivity index (χ0v) is 6.99. The standard InChI is InChI=1S/C6H11NO6/c1-3-6(13-7(10)11)5(9)4(2-8)12-3/h3-6,8-9H,2H2,1H3/t3-,4+,5-,6?/m0/s1. The summed E-state index contributed by atoms with van der Waals surface area (Å²) in [6.45, 7) is 1.15. The lowest BCUT2D eigenvalue weighted by molar-refractivity contribution is -0.770. The molecule has 4 atom stereocenters. The Kier molecular flexibility index (Phi) is 3.02. The van der Waals surface area contributed by atoms with Gasteiger partial charge in [-0.1, -0.05) is 0 Å². The Hall–Kier alpha value is -0.920. The Morgan fingerprint density at radius 3 is 2.69 bits per heavy atom. The molecule has 0 saturated carbocycles. The lowest BCUT2D eigenvalue weighted by Crippen LogP contribution is -2.37. The number of nitrogens with zero attached hydrogens (tertiary/aromatic N) is 1. The second kappa shape index (κ2) is 3.86. The summed E-state index contributed by atoms with van der Waals surface area (Å²) in [6.07, 6.45) is -3.59. The number of hydrogen-bond donors (Lipinski definition) is 2. The largest absolute Gasteiger partial charge is 0.394 e. The van der Waals surface area contributed by atoms with Gasteiger partial charge in [0.25, 0.3) is 5.09 Å². The number of aliphatic hydroxyl groups is 2. The predicted octanol–water partition coefficient (Wildman–Crippen LogP) is -1.30. The highest BCUT2D eigenvalue weighted by molar-refractivity contribution is 4.88. The quantitative estimate of drug-likeness (QED) is 0.426. The van der Waals surface area contributed by atoms with Gasteiger partial charge in [-0.2, -0.15) is 0 Å². The average molecular weight is 193 g/mol. The first kappa shape index (κ1) is 10.2. The Labute approximate surface area is 74.0 Å². The molecule has 0 aliphatic carbocycles. The van der Waals surface area contributed by atoms with Crippen LogP contribution in [0.25, 0.3) is 0 Å². The summed E-state index contributed by atoms with van der Waals surface area (Å²) < 4.78 is 5.01. The van der Waals surface area contributed by atoms with Crippen molar-refractivity contribution in [1.82, 2.24) is 0 Å². The van der Waals surface area contributed by atoms with E-state index in [1.807, 2.05) is 0 Å². The van der Waals surface area contributed by atoms with Crippen molar-refractivity contribution in [3.8, 4) is 0 Å². The third kappa shape index (κ3) is 2.06. The van der Waals surface area contributed by atoms with Crippen molar-refractivity contribution in [1.29, 1.82) is 0 Å². The molecule has 0 radical (unpaired) electrons. The summed E-state index contributed by atoms with van der Waals surface area (Å²) in [5.74, 6) is 0. The van der Waals surface area contributed by atoms with E-state index in [1.165, 1.54) is 6.92 Å². The van der Waals surface area contributed by atoms with Gasteiger partial charge < -0.3 is 19.8 Å². The molecule has 1 unspecified atom stereocenters. The minimum atomic E-state index is -1.16. The van der Waals surface area contributed by atoms with Crippen LogP contribution < -0.4 is 0 Å². The van der Waals surface area contributed by atoms with Crippen LogP contribution in [-0.2, 0) is 9.57 Å². The molecule has 1 fully saturated rings. The molecule has 1 heterocycles. The third-order valence-corrected chi connectivity index (χ3v) is 1.96. The van der Waals surface area contributed by atoms with Gasteiger partial charge in [-0.25, -0.2) is 0 Å². The smallest absolute Gasteiger partial charge is 0.294 e. The van der Waals surface area contributed by atoms with Crippen LogP contribution in [0.3, 0.4) is 0 Å². The Balaban J connectivity index is 2.58. The molecule has 76 valence electrons. The van der Waals surface area contributed by atoms with E-state index in [0.29, 0.717) is 0 Å². The van der Waals surface area contributed by atoms with Gasteiger partial charge in [-0.3, -0.25) is 0 Å². The molecule has 1 saturated heterocycles. The van der Waals surface area contributed by atoms with Gasteiger partial charge in [0, 0.05) is 0 Å². The van der Waals surface area contributed by atoms with Crippen molar-refractivity contribution in [3.05, 3.63) is 10.1 Å². The molecule has 0 spiro atoms. The van der Waals surface area contributed by atoms with Gasteiger partial charge in [0.15, 0.2) is 6.10 Å². The first-order valence-electron chi connectivity index (χ1n) is 3.81. The van der Waals surface area contributed by atoms with Crippen molar-refractivity contribution < 1.29 is 24.9 Å². The maximum atomic E-state index is 10.00. The van der Waals surface area contributed by atoms with Gasteiger partial charge >= 0.3 is 0 Å². The van der Waals surface area contributed by atoms with Gasteiger partial charge in [0.05, 0.1) is 12.7 Å². The lowest BCUT2D eigenvalue weighted by Gasteiger charge is -2.14. The molecular weight excluding hydrogens is 182 g/mol. The highest BCUT2D eigenvalue weighted by Gasteiger charge is 2.43. The molecule has 1 aliphatic rings. The molecule has 13 heavy (non-hydrogen) atoms. The summed E-state index contributed by atoms with van der Waals surface area (Å²) in [7, 11) is 0. The Morgan fingerprint density at radius 2 is 2.31 bits per heavy atom. The molecule has 2 N–H and O–H groups in total. The number of ether oxygens (including phenoxy) is 1. The van der Waals surface area contributed by atoms with E-state index in [1.54, 1.807) is 0 Å². The summed E-state index contributed by atoms with van der Waals surface area (Å²) in [5.41, 5.74) is 0.